The minimum absolute atomic E-state index is 0.0431. The second-order valence-electron chi connectivity index (χ2n) is 4.74. The maximum Gasteiger partial charge on any atom is 0.242 e. The van der Waals surface area contributed by atoms with Crippen molar-refractivity contribution in [1.29, 1.82) is 0 Å². The molecular formula is C14H17ClN2O3S. The number of nitrogens with one attached hydrogen (secondary N) is 1. The van der Waals surface area contributed by atoms with Crippen molar-refractivity contribution >= 4 is 21.6 Å². The van der Waals surface area contributed by atoms with Crippen LogP contribution in [-0.4, -0.2) is 33.7 Å². The zero-order chi connectivity index (χ0) is 15.5. The highest BCUT2D eigenvalue weighted by atomic mass is 35.5. The van der Waals surface area contributed by atoms with Crippen molar-refractivity contribution in [2.75, 3.05) is 13.2 Å². The lowest BCUT2D eigenvalue weighted by molar-refractivity contribution is 0.117. The molecule has 21 heavy (non-hydrogen) atoms. The number of sulfonamides is 1. The van der Waals surface area contributed by atoms with Crippen molar-refractivity contribution < 1.29 is 13.2 Å². The highest BCUT2D eigenvalue weighted by Crippen LogP contribution is 2.24. The predicted molar refractivity (Wildman–Crippen MR) is 81.5 cm³/mol. The summed E-state index contributed by atoms with van der Waals surface area (Å²) in [5.41, 5.74) is 5.92. The van der Waals surface area contributed by atoms with Crippen LogP contribution in [0, 0.1) is 11.8 Å². The Labute approximate surface area is 129 Å². The van der Waals surface area contributed by atoms with Gasteiger partial charge < -0.3 is 10.5 Å². The molecule has 5 nitrogen and oxygen atoms in total. The Morgan fingerprint density at radius 2 is 2.29 bits per heavy atom. The lowest BCUT2D eigenvalue weighted by atomic mass is 10.2. The van der Waals surface area contributed by atoms with E-state index in [-0.39, 0.29) is 28.6 Å². The Kier molecular flexibility index (Phi) is 5.25. The average Bonchev–Trinajstić information content (AvgIpc) is 2.81. The fraction of sp³-hybridized carbons (Fsp3) is 0.429. The number of benzene rings is 1. The monoisotopic (exact) mass is 328 g/mol. The van der Waals surface area contributed by atoms with Crippen molar-refractivity contribution in [1.82, 2.24) is 4.72 Å². The SMILES string of the molecule is CC1OCCC1NS(=O)(=O)c1ccc(C#CCN)cc1Cl. The molecule has 0 spiro atoms. The van der Waals surface area contributed by atoms with Crippen LogP contribution in [0.2, 0.25) is 5.02 Å². The molecule has 1 fully saturated rings. The highest BCUT2D eigenvalue weighted by Gasteiger charge is 2.30. The van der Waals surface area contributed by atoms with Gasteiger partial charge in [0.1, 0.15) is 4.90 Å². The molecule has 0 amide bonds. The van der Waals surface area contributed by atoms with Crippen LogP contribution in [0.5, 0.6) is 0 Å². The largest absolute Gasteiger partial charge is 0.377 e. The number of rotatable bonds is 3. The van der Waals surface area contributed by atoms with Crippen LogP contribution in [0.4, 0.5) is 0 Å². The molecule has 0 aliphatic carbocycles. The van der Waals surface area contributed by atoms with E-state index in [1.165, 1.54) is 12.1 Å². The van der Waals surface area contributed by atoms with Gasteiger partial charge in [0, 0.05) is 12.2 Å². The van der Waals surface area contributed by atoms with E-state index in [9.17, 15) is 8.42 Å². The molecule has 2 rings (SSSR count). The van der Waals surface area contributed by atoms with Gasteiger partial charge in [-0.05, 0) is 31.5 Å². The zero-order valence-corrected chi connectivity index (χ0v) is 13.2. The summed E-state index contributed by atoms with van der Waals surface area (Å²) in [6, 6.07) is 4.35. The predicted octanol–water partition coefficient (Wildman–Crippen LogP) is 1.11. The lowest BCUT2D eigenvalue weighted by Crippen LogP contribution is -2.39. The van der Waals surface area contributed by atoms with E-state index in [1.54, 1.807) is 6.07 Å². The molecule has 1 aliphatic heterocycles. The first-order valence-electron chi connectivity index (χ1n) is 6.56. The van der Waals surface area contributed by atoms with Gasteiger partial charge in [-0.15, -0.1) is 0 Å². The fourth-order valence-corrected chi connectivity index (χ4v) is 3.98. The summed E-state index contributed by atoms with van der Waals surface area (Å²) in [6.45, 7) is 2.63. The van der Waals surface area contributed by atoms with Gasteiger partial charge in [-0.25, -0.2) is 13.1 Å². The number of halogens is 1. The lowest BCUT2D eigenvalue weighted by Gasteiger charge is -2.16. The molecule has 2 atom stereocenters. The summed E-state index contributed by atoms with van der Waals surface area (Å²) in [7, 11) is -3.68. The molecule has 1 saturated heterocycles. The van der Waals surface area contributed by atoms with Gasteiger partial charge in [0.2, 0.25) is 10.0 Å². The molecule has 0 bridgehead atoms. The summed E-state index contributed by atoms with van der Waals surface area (Å²) in [5.74, 6) is 5.50. The van der Waals surface area contributed by atoms with Gasteiger partial charge in [-0.3, -0.25) is 0 Å². The normalized spacial score (nSPS) is 21.9. The summed E-state index contributed by atoms with van der Waals surface area (Å²) >= 11 is 6.07. The van der Waals surface area contributed by atoms with Crippen molar-refractivity contribution in [3.63, 3.8) is 0 Å². The second kappa shape index (κ2) is 6.77. The Morgan fingerprint density at radius 1 is 1.52 bits per heavy atom. The smallest absolute Gasteiger partial charge is 0.242 e. The van der Waals surface area contributed by atoms with Gasteiger partial charge in [-0.1, -0.05) is 23.4 Å². The standard InChI is InChI=1S/C14H17ClN2O3S/c1-10-13(6-8-20-10)17-21(18,19)14-5-4-11(3-2-7-16)9-12(14)15/h4-5,9-10,13,17H,6-8,16H2,1H3. The summed E-state index contributed by atoms with van der Waals surface area (Å²) in [5, 5.41) is 0.137. The van der Waals surface area contributed by atoms with E-state index >= 15 is 0 Å². The molecular weight excluding hydrogens is 312 g/mol. The molecule has 1 heterocycles. The van der Waals surface area contributed by atoms with E-state index in [4.69, 9.17) is 22.1 Å². The van der Waals surface area contributed by atoms with Gasteiger partial charge in [0.05, 0.1) is 23.7 Å². The van der Waals surface area contributed by atoms with Crippen LogP contribution in [-0.2, 0) is 14.8 Å². The van der Waals surface area contributed by atoms with Gasteiger partial charge in [0.25, 0.3) is 0 Å². The maximum absolute atomic E-state index is 12.4. The van der Waals surface area contributed by atoms with Crippen LogP contribution in [0.15, 0.2) is 23.1 Å². The maximum atomic E-state index is 12.4. The first-order valence-corrected chi connectivity index (χ1v) is 8.42. The summed E-state index contributed by atoms with van der Waals surface area (Å²) in [4.78, 5) is 0.0431. The van der Waals surface area contributed by atoms with E-state index in [2.05, 4.69) is 16.6 Å². The van der Waals surface area contributed by atoms with E-state index in [0.717, 1.165) is 0 Å². The van der Waals surface area contributed by atoms with Crippen LogP contribution in [0.1, 0.15) is 18.9 Å². The van der Waals surface area contributed by atoms with Crippen LogP contribution >= 0.6 is 11.6 Å². The zero-order valence-electron chi connectivity index (χ0n) is 11.6. The molecule has 3 N–H and O–H groups in total. The Hall–Kier alpha value is -1.10. The van der Waals surface area contributed by atoms with Gasteiger partial charge in [-0.2, -0.15) is 0 Å². The number of nitrogens with two attached hydrogens (primary N) is 1. The number of hydrogen-bond acceptors (Lipinski definition) is 4. The van der Waals surface area contributed by atoms with E-state index in [0.29, 0.717) is 18.6 Å². The Morgan fingerprint density at radius 3 is 2.86 bits per heavy atom. The van der Waals surface area contributed by atoms with Crippen LogP contribution < -0.4 is 10.5 Å². The van der Waals surface area contributed by atoms with Gasteiger partial charge in [0.15, 0.2) is 0 Å². The van der Waals surface area contributed by atoms with Crippen molar-refractivity contribution in [2.24, 2.45) is 5.73 Å². The summed E-state index contributed by atoms with van der Waals surface area (Å²) < 4.78 is 32.7. The number of ether oxygens (including phenoxy) is 1. The van der Waals surface area contributed by atoms with Crippen LogP contribution in [0.25, 0.3) is 0 Å². The topological polar surface area (TPSA) is 81.4 Å². The Balaban J connectivity index is 2.24. The molecule has 0 aromatic heterocycles. The average molecular weight is 329 g/mol. The Bertz CT molecular complexity index is 679. The van der Waals surface area contributed by atoms with Crippen molar-refractivity contribution in [2.45, 2.75) is 30.4 Å². The van der Waals surface area contributed by atoms with E-state index in [1.807, 2.05) is 6.92 Å². The minimum Gasteiger partial charge on any atom is -0.377 e. The first-order chi connectivity index (χ1) is 9.94. The fourth-order valence-electron chi connectivity index (χ4n) is 2.10. The highest BCUT2D eigenvalue weighted by molar-refractivity contribution is 7.89. The van der Waals surface area contributed by atoms with Crippen LogP contribution in [0.3, 0.4) is 0 Å². The minimum atomic E-state index is -3.68. The molecule has 1 aromatic rings. The quantitative estimate of drug-likeness (QED) is 0.814. The van der Waals surface area contributed by atoms with Crippen molar-refractivity contribution in [3.8, 4) is 11.8 Å². The molecule has 0 saturated carbocycles. The van der Waals surface area contributed by atoms with E-state index < -0.39 is 10.0 Å². The molecule has 2 unspecified atom stereocenters. The third-order valence-electron chi connectivity index (χ3n) is 3.24. The molecule has 1 aliphatic rings. The van der Waals surface area contributed by atoms with Crippen molar-refractivity contribution in [3.05, 3.63) is 28.8 Å². The third-order valence-corrected chi connectivity index (χ3v) is 5.21. The summed E-state index contributed by atoms with van der Waals surface area (Å²) in [6.07, 6.45) is 0.506. The number of hydrogen-bond donors (Lipinski definition) is 2. The van der Waals surface area contributed by atoms with Gasteiger partial charge >= 0.3 is 0 Å². The third kappa shape index (κ3) is 3.96. The molecule has 1 aromatic carbocycles. The molecule has 7 heteroatoms. The molecule has 114 valence electrons. The first kappa shape index (κ1) is 16.3. The molecule has 0 radical (unpaired) electrons. The second-order valence-corrected chi connectivity index (χ2v) is 6.83.